The number of para-hydroxylation sites is 2. The molecule has 10 heteroatoms. The van der Waals surface area contributed by atoms with Crippen LogP contribution >= 0.6 is 0 Å². The van der Waals surface area contributed by atoms with Crippen molar-refractivity contribution in [3.8, 4) is 0 Å². The minimum Gasteiger partial charge on any atom is -0.346 e. The summed E-state index contributed by atoms with van der Waals surface area (Å²) in [6, 6.07) is 31.0. The molecule has 2 heterocycles. The summed E-state index contributed by atoms with van der Waals surface area (Å²) < 4.78 is 65.0. The maximum atomic E-state index is 13.8. The SMILES string of the molecule is Cc1ccc(S(=O)(=O)N[C@H](Cn2ccc3ccccc32)[C@@H](Cn2ccc3ccccc32)NS(=O)(=O)c2ccc(C)cc2)cc1. The highest BCUT2D eigenvalue weighted by Crippen LogP contribution is 2.22. The average Bonchev–Trinajstić information content (AvgIpc) is 3.61. The predicted octanol–water partition coefficient (Wildman–Crippen LogP) is 5.61. The summed E-state index contributed by atoms with van der Waals surface area (Å²) in [4.78, 5) is 0.217. The molecule has 0 unspecified atom stereocenters. The zero-order valence-electron chi connectivity index (χ0n) is 24.5. The van der Waals surface area contributed by atoms with E-state index < -0.39 is 32.1 Å². The maximum Gasteiger partial charge on any atom is 0.240 e. The second-order valence-electron chi connectivity index (χ2n) is 11.1. The summed E-state index contributed by atoms with van der Waals surface area (Å²) in [6.07, 6.45) is 3.79. The van der Waals surface area contributed by atoms with Gasteiger partial charge in [0.1, 0.15) is 0 Å². The van der Waals surface area contributed by atoms with Gasteiger partial charge >= 0.3 is 0 Å². The second kappa shape index (κ2) is 12.0. The van der Waals surface area contributed by atoms with E-state index in [0.717, 1.165) is 32.9 Å². The first-order valence-electron chi connectivity index (χ1n) is 14.3. The van der Waals surface area contributed by atoms with E-state index in [2.05, 4.69) is 9.44 Å². The van der Waals surface area contributed by atoms with E-state index in [0.29, 0.717) is 0 Å². The van der Waals surface area contributed by atoms with Gasteiger partial charge in [0.2, 0.25) is 20.0 Å². The van der Waals surface area contributed by atoms with E-state index in [4.69, 9.17) is 0 Å². The van der Waals surface area contributed by atoms with Gasteiger partial charge in [-0.1, -0.05) is 71.8 Å². The first-order valence-corrected chi connectivity index (χ1v) is 17.3. The number of aromatic nitrogens is 2. The number of hydrogen-bond acceptors (Lipinski definition) is 4. The van der Waals surface area contributed by atoms with Crippen molar-refractivity contribution in [2.45, 2.75) is 48.8 Å². The van der Waals surface area contributed by atoms with Gasteiger partial charge in [-0.15, -0.1) is 0 Å². The van der Waals surface area contributed by atoms with Crippen molar-refractivity contribution in [2.75, 3.05) is 0 Å². The zero-order chi connectivity index (χ0) is 30.9. The number of aryl methyl sites for hydroxylation is 2. The number of fused-ring (bicyclic) bond motifs is 2. The molecule has 0 spiro atoms. The molecule has 0 radical (unpaired) electrons. The Morgan fingerprint density at radius 2 is 0.886 bits per heavy atom. The van der Waals surface area contributed by atoms with E-state index in [9.17, 15) is 16.8 Å². The van der Waals surface area contributed by atoms with Crippen molar-refractivity contribution >= 4 is 41.9 Å². The van der Waals surface area contributed by atoms with Crippen LogP contribution < -0.4 is 9.44 Å². The van der Waals surface area contributed by atoms with Gasteiger partial charge in [0, 0.05) is 36.5 Å². The summed E-state index contributed by atoms with van der Waals surface area (Å²) >= 11 is 0. The number of benzene rings is 4. The van der Waals surface area contributed by atoms with Gasteiger partial charge < -0.3 is 9.13 Å². The molecular formula is C34H34N4O4S2. The third-order valence-corrected chi connectivity index (χ3v) is 10.9. The van der Waals surface area contributed by atoms with Crippen LogP contribution in [-0.4, -0.2) is 38.1 Å². The Balaban J connectivity index is 1.45. The number of rotatable bonds is 11. The third-order valence-electron chi connectivity index (χ3n) is 7.91. The van der Waals surface area contributed by atoms with Gasteiger partial charge in [0.05, 0.1) is 21.9 Å². The number of hydrogen-bond donors (Lipinski definition) is 2. The minimum absolute atomic E-state index is 0.108. The normalized spacial score (nSPS) is 13.8. The number of sulfonamides is 2. The molecule has 0 aliphatic heterocycles. The standard InChI is InChI=1S/C34H34N4O4S2/c1-25-11-15-29(16-12-25)43(39,40)35-31(23-37-21-19-27-7-3-5-9-33(27)37)32(24-38-22-20-28-8-4-6-10-34(28)38)36-44(41,42)30-17-13-26(2)14-18-30/h3-22,31-32,35-36H,23-24H2,1-2H3/t31-,32-/m1/s1. The van der Waals surface area contributed by atoms with Crippen LogP contribution in [-0.2, 0) is 33.1 Å². The lowest BCUT2D eigenvalue weighted by molar-refractivity contribution is 0.374. The topological polar surface area (TPSA) is 102 Å². The Labute approximate surface area is 258 Å². The maximum absolute atomic E-state index is 13.8. The van der Waals surface area contributed by atoms with Crippen LogP contribution in [0.15, 0.2) is 131 Å². The number of nitrogens with one attached hydrogen (secondary N) is 2. The van der Waals surface area contributed by atoms with E-state index in [1.54, 1.807) is 48.5 Å². The van der Waals surface area contributed by atoms with Crippen LogP contribution in [0.2, 0.25) is 0 Å². The highest BCUT2D eigenvalue weighted by atomic mass is 32.2. The van der Waals surface area contributed by atoms with Gasteiger partial charge in [-0.05, 0) is 73.2 Å². The fraction of sp³-hybridized carbons (Fsp3) is 0.176. The fourth-order valence-corrected chi connectivity index (χ4v) is 8.02. The molecule has 0 bridgehead atoms. The minimum atomic E-state index is -4.03. The third kappa shape index (κ3) is 6.34. The highest BCUT2D eigenvalue weighted by Gasteiger charge is 2.32. The van der Waals surface area contributed by atoms with Crippen molar-refractivity contribution in [1.29, 1.82) is 0 Å². The Morgan fingerprint density at radius 3 is 1.27 bits per heavy atom. The van der Waals surface area contributed by atoms with Gasteiger partial charge in [-0.2, -0.15) is 0 Å². The quantitative estimate of drug-likeness (QED) is 0.195. The van der Waals surface area contributed by atoms with E-state index in [1.165, 1.54) is 0 Å². The lowest BCUT2D eigenvalue weighted by Crippen LogP contribution is -2.55. The molecular weight excluding hydrogens is 593 g/mol. The first-order chi connectivity index (χ1) is 21.1. The van der Waals surface area contributed by atoms with Crippen LogP contribution in [0.4, 0.5) is 0 Å². The van der Waals surface area contributed by atoms with Gasteiger partial charge in [-0.25, -0.2) is 26.3 Å². The summed E-state index contributed by atoms with van der Waals surface area (Å²) in [5.41, 5.74) is 3.70. The molecule has 8 nitrogen and oxygen atoms in total. The van der Waals surface area contributed by atoms with Crippen LogP contribution in [0.1, 0.15) is 11.1 Å². The first kappa shape index (κ1) is 29.8. The molecule has 44 heavy (non-hydrogen) atoms. The Bertz CT molecular complexity index is 1980. The fourth-order valence-electron chi connectivity index (χ4n) is 5.49. The molecule has 2 aromatic heterocycles. The van der Waals surface area contributed by atoms with Crippen LogP contribution in [0.5, 0.6) is 0 Å². The summed E-state index contributed by atoms with van der Waals surface area (Å²) in [5.74, 6) is 0. The largest absolute Gasteiger partial charge is 0.346 e. The molecule has 0 saturated carbocycles. The molecule has 2 atom stereocenters. The predicted molar refractivity (Wildman–Crippen MR) is 174 cm³/mol. The zero-order valence-corrected chi connectivity index (χ0v) is 26.1. The van der Waals surface area contributed by atoms with Crippen LogP contribution in [0, 0.1) is 13.8 Å². The smallest absolute Gasteiger partial charge is 0.240 e. The van der Waals surface area contributed by atoms with E-state index >= 15 is 0 Å². The summed E-state index contributed by atoms with van der Waals surface area (Å²) in [7, 11) is -8.06. The molecule has 4 aromatic carbocycles. The summed E-state index contributed by atoms with van der Waals surface area (Å²) in [5, 5.41) is 2.00. The van der Waals surface area contributed by atoms with Crippen molar-refractivity contribution < 1.29 is 16.8 Å². The molecule has 0 aliphatic carbocycles. The number of nitrogens with zero attached hydrogens (tertiary/aromatic N) is 2. The summed E-state index contributed by atoms with van der Waals surface area (Å²) in [6.45, 7) is 4.14. The van der Waals surface area contributed by atoms with Crippen molar-refractivity contribution in [1.82, 2.24) is 18.6 Å². The van der Waals surface area contributed by atoms with Crippen molar-refractivity contribution in [3.63, 3.8) is 0 Å². The van der Waals surface area contributed by atoms with E-state index in [-0.39, 0.29) is 22.9 Å². The Hall–Kier alpha value is -4.22. The van der Waals surface area contributed by atoms with Crippen LogP contribution in [0.3, 0.4) is 0 Å². The molecule has 0 fully saturated rings. The molecule has 0 saturated heterocycles. The molecule has 6 aromatic rings. The lowest BCUT2D eigenvalue weighted by atomic mass is 10.1. The lowest BCUT2D eigenvalue weighted by Gasteiger charge is -2.30. The van der Waals surface area contributed by atoms with Crippen molar-refractivity contribution in [2.24, 2.45) is 0 Å². The van der Waals surface area contributed by atoms with Gasteiger partial charge in [0.15, 0.2) is 0 Å². The molecule has 6 rings (SSSR count). The van der Waals surface area contributed by atoms with Gasteiger partial charge in [-0.3, -0.25) is 0 Å². The van der Waals surface area contributed by atoms with Crippen LogP contribution in [0.25, 0.3) is 21.8 Å². The molecule has 0 aliphatic rings. The highest BCUT2D eigenvalue weighted by molar-refractivity contribution is 7.90. The Kier molecular flexibility index (Phi) is 8.17. The molecule has 226 valence electrons. The second-order valence-corrected chi connectivity index (χ2v) is 14.6. The Morgan fingerprint density at radius 1 is 0.523 bits per heavy atom. The average molecular weight is 627 g/mol. The molecule has 2 N–H and O–H groups in total. The molecule has 0 amide bonds. The monoisotopic (exact) mass is 626 g/mol. The van der Waals surface area contributed by atoms with Gasteiger partial charge in [0.25, 0.3) is 0 Å². The van der Waals surface area contributed by atoms with E-state index in [1.807, 2.05) is 96.0 Å². The van der Waals surface area contributed by atoms with Crippen molar-refractivity contribution in [3.05, 3.63) is 133 Å².